The molecule has 2 fully saturated rings. The van der Waals surface area contributed by atoms with Gasteiger partial charge < -0.3 is 10.6 Å². The second-order valence-electron chi connectivity index (χ2n) is 7.31. The second-order valence-corrected chi connectivity index (χ2v) is 7.31. The van der Waals surface area contributed by atoms with Crippen LogP contribution in [0.15, 0.2) is 30.3 Å². The van der Waals surface area contributed by atoms with Gasteiger partial charge in [-0.15, -0.1) is 0 Å². The molecule has 2 amide bonds. The monoisotopic (exact) mass is 343 g/mol. The van der Waals surface area contributed by atoms with Gasteiger partial charge in [-0.25, -0.2) is 0 Å². The highest BCUT2D eigenvalue weighted by Crippen LogP contribution is 2.20. The van der Waals surface area contributed by atoms with Gasteiger partial charge in [-0.2, -0.15) is 0 Å². The average Bonchev–Trinajstić information content (AvgIpc) is 2.64. The molecule has 0 atom stereocenters. The zero-order chi connectivity index (χ0) is 17.5. The van der Waals surface area contributed by atoms with Crippen molar-refractivity contribution in [3.63, 3.8) is 0 Å². The molecule has 0 aromatic heterocycles. The van der Waals surface area contributed by atoms with Crippen molar-refractivity contribution >= 4 is 17.5 Å². The topological polar surface area (TPSA) is 61.4 Å². The number of carbonyl (C=O) groups excluding carboxylic acids is 2. The zero-order valence-electron chi connectivity index (χ0n) is 14.9. The molecule has 136 valence electrons. The molecule has 1 aromatic carbocycles. The van der Waals surface area contributed by atoms with Crippen molar-refractivity contribution in [3.05, 3.63) is 30.3 Å². The molecular weight excluding hydrogens is 314 g/mol. The Morgan fingerprint density at radius 2 is 1.64 bits per heavy atom. The minimum atomic E-state index is 0.0397. The van der Waals surface area contributed by atoms with Crippen LogP contribution in [0.1, 0.15) is 44.9 Å². The first-order valence-electron chi connectivity index (χ1n) is 9.58. The van der Waals surface area contributed by atoms with Gasteiger partial charge in [0.15, 0.2) is 0 Å². The summed E-state index contributed by atoms with van der Waals surface area (Å²) in [6, 6.07) is 9.96. The first-order chi connectivity index (χ1) is 12.2. The molecule has 1 aliphatic heterocycles. The van der Waals surface area contributed by atoms with Crippen LogP contribution >= 0.6 is 0 Å². The Morgan fingerprint density at radius 3 is 2.32 bits per heavy atom. The fraction of sp³-hybridized carbons (Fsp3) is 0.600. The molecule has 2 N–H and O–H groups in total. The number of piperidine rings is 1. The van der Waals surface area contributed by atoms with Crippen LogP contribution in [0.2, 0.25) is 0 Å². The van der Waals surface area contributed by atoms with E-state index < -0.39 is 0 Å². The maximum Gasteiger partial charge on any atom is 0.234 e. The van der Waals surface area contributed by atoms with Crippen molar-refractivity contribution in [1.29, 1.82) is 0 Å². The molecule has 1 aliphatic carbocycles. The van der Waals surface area contributed by atoms with Gasteiger partial charge in [-0.3, -0.25) is 14.5 Å². The van der Waals surface area contributed by atoms with Crippen molar-refractivity contribution in [2.45, 2.75) is 51.0 Å². The van der Waals surface area contributed by atoms with Gasteiger partial charge in [-0.1, -0.05) is 37.5 Å². The summed E-state index contributed by atoms with van der Waals surface area (Å²) in [6.45, 7) is 2.08. The number of likely N-dealkylation sites (tertiary alicyclic amines) is 1. The van der Waals surface area contributed by atoms with E-state index in [1.807, 2.05) is 30.3 Å². The number of anilines is 1. The number of hydrogen-bond donors (Lipinski definition) is 2. The number of carbonyl (C=O) groups is 2. The SMILES string of the molecule is O=C(CN1CCC(C(=O)Nc2ccccc2)CC1)NC1CCCCC1. The molecule has 1 saturated heterocycles. The summed E-state index contributed by atoms with van der Waals surface area (Å²) >= 11 is 0. The van der Waals surface area contributed by atoms with Crippen molar-refractivity contribution in [3.8, 4) is 0 Å². The van der Waals surface area contributed by atoms with E-state index in [-0.39, 0.29) is 17.7 Å². The Morgan fingerprint density at radius 1 is 0.960 bits per heavy atom. The lowest BCUT2D eigenvalue weighted by Gasteiger charge is -2.31. The van der Waals surface area contributed by atoms with Crippen molar-refractivity contribution in [2.75, 3.05) is 25.0 Å². The van der Waals surface area contributed by atoms with Crippen LogP contribution in [-0.4, -0.2) is 42.4 Å². The van der Waals surface area contributed by atoms with Gasteiger partial charge in [0.25, 0.3) is 0 Å². The molecule has 0 unspecified atom stereocenters. The van der Waals surface area contributed by atoms with Crippen molar-refractivity contribution in [1.82, 2.24) is 10.2 Å². The first kappa shape index (κ1) is 17.9. The third-order valence-electron chi connectivity index (χ3n) is 5.34. The van der Waals surface area contributed by atoms with E-state index >= 15 is 0 Å². The molecule has 5 heteroatoms. The summed E-state index contributed by atoms with van der Waals surface area (Å²) in [5, 5.41) is 6.16. The first-order valence-corrected chi connectivity index (χ1v) is 9.58. The van der Waals surface area contributed by atoms with E-state index in [2.05, 4.69) is 15.5 Å². The number of benzene rings is 1. The molecule has 0 radical (unpaired) electrons. The van der Waals surface area contributed by atoms with Crippen LogP contribution in [0.25, 0.3) is 0 Å². The summed E-state index contributed by atoms with van der Waals surface area (Å²) in [6.07, 6.45) is 7.62. The molecule has 0 spiro atoms. The van der Waals surface area contributed by atoms with E-state index in [0.717, 1.165) is 44.5 Å². The summed E-state index contributed by atoms with van der Waals surface area (Å²) < 4.78 is 0. The molecule has 0 bridgehead atoms. The van der Waals surface area contributed by atoms with Gasteiger partial charge in [-0.05, 0) is 50.9 Å². The van der Waals surface area contributed by atoms with E-state index in [4.69, 9.17) is 0 Å². The fourth-order valence-corrected chi connectivity index (χ4v) is 3.84. The second kappa shape index (κ2) is 8.99. The largest absolute Gasteiger partial charge is 0.352 e. The van der Waals surface area contributed by atoms with Crippen LogP contribution in [-0.2, 0) is 9.59 Å². The number of nitrogens with one attached hydrogen (secondary N) is 2. The van der Waals surface area contributed by atoms with Crippen LogP contribution in [0.3, 0.4) is 0 Å². The molecule has 1 aromatic rings. The number of hydrogen-bond acceptors (Lipinski definition) is 3. The fourth-order valence-electron chi connectivity index (χ4n) is 3.84. The highest BCUT2D eigenvalue weighted by Gasteiger charge is 2.26. The molecule has 25 heavy (non-hydrogen) atoms. The molecule has 3 rings (SSSR count). The summed E-state index contributed by atoms with van der Waals surface area (Å²) in [5.41, 5.74) is 0.849. The lowest BCUT2D eigenvalue weighted by atomic mass is 9.95. The van der Waals surface area contributed by atoms with E-state index in [0.29, 0.717) is 12.6 Å². The van der Waals surface area contributed by atoms with Crippen molar-refractivity contribution < 1.29 is 9.59 Å². The molecule has 1 heterocycles. The summed E-state index contributed by atoms with van der Waals surface area (Å²) in [5.74, 6) is 0.273. The quantitative estimate of drug-likeness (QED) is 0.864. The third kappa shape index (κ3) is 5.56. The highest BCUT2D eigenvalue weighted by molar-refractivity contribution is 5.92. The lowest BCUT2D eigenvalue weighted by molar-refractivity contribution is -0.124. The van der Waals surface area contributed by atoms with Gasteiger partial charge in [0.2, 0.25) is 11.8 Å². The van der Waals surface area contributed by atoms with Crippen LogP contribution < -0.4 is 10.6 Å². The standard InChI is InChI=1S/C20H29N3O2/c24-19(21-17-7-3-1-4-8-17)15-23-13-11-16(12-14-23)20(25)22-18-9-5-2-6-10-18/h2,5-6,9-10,16-17H,1,3-4,7-8,11-15H2,(H,21,24)(H,22,25). The van der Waals surface area contributed by atoms with Gasteiger partial charge in [0, 0.05) is 17.6 Å². The predicted octanol–water partition coefficient (Wildman–Crippen LogP) is 2.79. The third-order valence-corrected chi connectivity index (χ3v) is 5.34. The van der Waals surface area contributed by atoms with Crippen LogP contribution in [0.5, 0.6) is 0 Å². The number of para-hydroxylation sites is 1. The van der Waals surface area contributed by atoms with Crippen LogP contribution in [0.4, 0.5) is 5.69 Å². The van der Waals surface area contributed by atoms with E-state index in [9.17, 15) is 9.59 Å². The Labute approximate surface area is 150 Å². The Balaban J connectivity index is 1.37. The smallest absolute Gasteiger partial charge is 0.234 e. The number of nitrogens with zero attached hydrogens (tertiary/aromatic N) is 1. The Kier molecular flexibility index (Phi) is 6.45. The highest BCUT2D eigenvalue weighted by atomic mass is 16.2. The van der Waals surface area contributed by atoms with Gasteiger partial charge in [0.1, 0.15) is 0 Å². The van der Waals surface area contributed by atoms with Gasteiger partial charge >= 0.3 is 0 Å². The van der Waals surface area contributed by atoms with E-state index in [1.54, 1.807) is 0 Å². The minimum Gasteiger partial charge on any atom is -0.352 e. The normalized spacial score (nSPS) is 20.2. The molecule has 5 nitrogen and oxygen atoms in total. The molecule has 2 aliphatic rings. The van der Waals surface area contributed by atoms with Crippen LogP contribution in [0, 0.1) is 5.92 Å². The maximum atomic E-state index is 12.4. The molecular formula is C20H29N3O2. The molecule has 1 saturated carbocycles. The predicted molar refractivity (Wildman–Crippen MR) is 99.3 cm³/mol. The lowest BCUT2D eigenvalue weighted by Crippen LogP contribution is -2.46. The summed E-state index contributed by atoms with van der Waals surface area (Å²) in [7, 11) is 0. The van der Waals surface area contributed by atoms with Crippen molar-refractivity contribution in [2.24, 2.45) is 5.92 Å². The number of amides is 2. The van der Waals surface area contributed by atoms with Gasteiger partial charge in [0.05, 0.1) is 6.54 Å². The summed E-state index contributed by atoms with van der Waals surface area (Å²) in [4.78, 5) is 26.7. The zero-order valence-corrected chi connectivity index (χ0v) is 14.9. The maximum absolute atomic E-state index is 12.4. The minimum absolute atomic E-state index is 0.0397. The Bertz CT molecular complexity index is 562. The number of rotatable bonds is 5. The Hall–Kier alpha value is -1.88. The van der Waals surface area contributed by atoms with E-state index in [1.165, 1.54) is 19.3 Å². The average molecular weight is 343 g/mol.